The Labute approximate surface area is 181 Å². The summed E-state index contributed by atoms with van der Waals surface area (Å²) >= 11 is 0. The third-order valence-corrected chi connectivity index (χ3v) is 6.04. The Kier molecular flexibility index (Phi) is 7.41. The molecule has 0 radical (unpaired) electrons. The Hall–Kier alpha value is -2.49. The maximum atomic E-state index is 12.8. The van der Waals surface area contributed by atoms with E-state index in [9.17, 15) is 4.79 Å². The van der Waals surface area contributed by atoms with Gasteiger partial charge in [-0.1, -0.05) is 32.0 Å². The molecule has 0 aromatic heterocycles. The van der Waals surface area contributed by atoms with E-state index in [-0.39, 0.29) is 11.9 Å². The lowest BCUT2D eigenvalue weighted by atomic mass is 9.98. The van der Waals surface area contributed by atoms with Crippen molar-refractivity contribution in [3.05, 3.63) is 59.2 Å². The van der Waals surface area contributed by atoms with Gasteiger partial charge in [0.2, 0.25) is 0 Å². The second kappa shape index (κ2) is 10.0. The number of nitrogens with one attached hydrogen (secondary N) is 1. The number of carbonyl (C=O) groups excluding carboxylic acids is 1. The van der Waals surface area contributed by atoms with Crippen LogP contribution in [0.25, 0.3) is 0 Å². The molecular formula is C26H36N2O2. The maximum Gasteiger partial charge on any atom is 0.261 e. The van der Waals surface area contributed by atoms with Crippen molar-refractivity contribution in [2.75, 3.05) is 18.0 Å². The van der Waals surface area contributed by atoms with E-state index >= 15 is 0 Å². The Morgan fingerprint density at radius 3 is 2.27 bits per heavy atom. The minimum Gasteiger partial charge on any atom is -0.481 e. The molecule has 30 heavy (non-hydrogen) atoms. The highest BCUT2D eigenvalue weighted by Crippen LogP contribution is 2.25. The van der Waals surface area contributed by atoms with Crippen molar-refractivity contribution in [3.63, 3.8) is 0 Å². The first-order chi connectivity index (χ1) is 14.4. The molecule has 1 N–H and O–H groups in total. The Morgan fingerprint density at radius 2 is 1.70 bits per heavy atom. The van der Waals surface area contributed by atoms with Crippen molar-refractivity contribution in [3.8, 4) is 5.75 Å². The Morgan fingerprint density at radius 1 is 1.10 bits per heavy atom. The molecule has 0 spiro atoms. The van der Waals surface area contributed by atoms with Gasteiger partial charge in [0.15, 0.2) is 6.10 Å². The number of ether oxygens (including phenoxy) is 1. The van der Waals surface area contributed by atoms with Gasteiger partial charge in [0, 0.05) is 18.8 Å². The largest absolute Gasteiger partial charge is 0.481 e. The first-order valence-electron chi connectivity index (χ1n) is 11.3. The molecule has 1 aliphatic rings. The molecule has 1 heterocycles. The van der Waals surface area contributed by atoms with E-state index < -0.39 is 6.10 Å². The highest BCUT2D eigenvalue weighted by atomic mass is 16.5. The van der Waals surface area contributed by atoms with E-state index in [1.54, 1.807) is 0 Å². The molecule has 4 heteroatoms. The van der Waals surface area contributed by atoms with Crippen molar-refractivity contribution in [1.82, 2.24) is 5.32 Å². The highest BCUT2D eigenvalue weighted by molar-refractivity contribution is 5.81. The lowest BCUT2D eigenvalue weighted by Gasteiger charge is -2.32. The van der Waals surface area contributed by atoms with Crippen LogP contribution in [0.15, 0.2) is 42.5 Å². The number of hydrogen-bond acceptors (Lipinski definition) is 3. The van der Waals surface area contributed by atoms with E-state index in [2.05, 4.69) is 47.5 Å². The van der Waals surface area contributed by atoms with Crippen LogP contribution in [-0.2, 0) is 4.79 Å². The van der Waals surface area contributed by atoms with Crippen molar-refractivity contribution >= 4 is 11.6 Å². The molecule has 1 amide bonds. The van der Waals surface area contributed by atoms with Crippen LogP contribution in [-0.4, -0.2) is 25.1 Å². The summed E-state index contributed by atoms with van der Waals surface area (Å²) in [7, 11) is 0. The van der Waals surface area contributed by atoms with E-state index in [0.717, 1.165) is 41.4 Å². The minimum absolute atomic E-state index is 0.0650. The van der Waals surface area contributed by atoms with Gasteiger partial charge in [0.1, 0.15) is 5.75 Å². The summed E-state index contributed by atoms with van der Waals surface area (Å²) in [6.45, 7) is 12.7. The first-order valence-corrected chi connectivity index (χ1v) is 11.3. The van der Waals surface area contributed by atoms with Gasteiger partial charge in [-0.3, -0.25) is 4.79 Å². The number of aryl methyl sites for hydroxylation is 2. The third-order valence-electron chi connectivity index (χ3n) is 6.04. The Bertz CT molecular complexity index is 818. The van der Waals surface area contributed by atoms with Gasteiger partial charge in [-0.15, -0.1) is 0 Å². The van der Waals surface area contributed by atoms with Crippen LogP contribution >= 0.6 is 0 Å². The van der Waals surface area contributed by atoms with Crippen LogP contribution in [0.2, 0.25) is 0 Å². The van der Waals surface area contributed by atoms with Crippen LogP contribution < -0.4 is 15.0 Å². The summed E-state index contributed by atoms with van der Waals surface area (Å²) in [5.41, 5.74) is 4.65. The number of rotatable bonds is 7. The molecule has 0 bridgehead atoms. The van der Waals surface area contributed by atoms with Crippen molar-refractivity contribution in [2.45, 2.75) is 66.0 Å². The van der Waals surface area contributed by atoms with Gasteiger partial charge in [-0.05, 0) is 86.9 Å². The maximum absolute atomic E-state index is 12.8. The second-order valence-electron chi connectivity index (χ2n) is 8.83. The molecule has 2 atom stereocenters. The molecule has 1 saturated heterocycles. The summed E-state index contributed by atoms with van der Waals surface area (Å²) in [6.07, 6.45) is 2.64. The quantitative estimate of drug-likeness (QED) is 0.651. The van der Waals surface area contributed by atoms with Crippen LogP contribution in [0.5, 0.6) is 5.75 Å². The predicted octanol–water partition coefficient (Wildman–Crippen LogP) is 5.57. The molecule has 162 valence electrons. The summed E-state index contributed by atoms with van der Waals surface area (Å²) in [5.74, 6) is 1.51. The summed E-state index contributed by atoms with van der Waals surface area (Å²) in [4.78, 5) is 15.3. The van der Waals surface area contributed by atoms with Crippen LogP contribution in [0, 0.1) is 19.8 Å². The second-order valence-corrected chi connectivity index (χ2v) is 8.83. The fraction of sp³-hybridized carbons (Fsp3) is 0.500. The molecule has 0 aliphatic carbocycles. The van der Waals surface area contributed by atoms with Gasteiger partial charge in [0.05, 0.1) is 6.04 Å². The molecule has 0 unspecified atom stereocenters. The van der Waals surface area contributed by atoms with E-state index in [0.29, 0.717) is 6.42 Å². The topological polar surface area (TPSA) is 41.6 Å². The smallest absolute Gasteiger partial charge is 0.261 e. The number of carbonyl (C=O) groups is 1. The third kappa shape index (κ3) is 5.78. The fourth-order valence-corrected chi connectivity index (χ4v) is 4.12. The number of piperidine rings is 1. The molecular weight excluding hydrogens is 372 g/mol. The molecule has 2 aromatic carbocycles. The number of hydrogen-bond donors (Lipinski definition) is 1. The zero-order chi connectivity index (χ0) is 21.7. The number of nitrogens with zero attached hydrogens (tertiary/aromatic N) is 1. The van der Waals surface area contributed by atoms with Gasteiger partial charge >= 0.3 is 0 Å². The molecule has 1 fully saturated rings. The lowest BCUT2D eigenvalue weighted by molar-refractivity contribution is -0.128. The van der Waals surface area contributed by atoms with E-state index in [4.69, 9.17) is 4.74 Å². The van der Waals surface area contributed by atoms with Crippen molar-refractivity contribution in [2.24, 2.45) is 5.92 Å². The normalized spacial score (nSPS) is 16.8. The zero-order valence-corrected chi connectivity index (χ0v) is 19.1. The first kappa shape index (κ1) is 22.2. The fourth-order valence-electron chi connectivity index (χ4n) is 4.12. The van der Waals surface area contributed by atoms with Gasteiger partial charge < -0.3 is 15.0 Å². The predicted molar refractivity (Wildman–Crippen MR) is 124 cm³/mol. The molecule has 1 aliphatic heterocycles. The zero-order valence-electron chi connectivity index (χ0n) is 19.1. The summed E-state index contributed by atoms with van der Waals surface area (Å²) < 4.78 is 6.01. The summed E-state index contributed by atoms with van der Waals surface area (Å²) in [6, 6.07) is 14.6. The molecule has 3 rings (SSSR count). The molecule has 4 nitrogen and oxygen atoms in total. The average Bonchev–Trinajstić information content (AvgIpc) is 2.72. The van der Waals surface area contributed by atoms with Crippen molar-refractivity contribution in [1.29, 1.82) is 0 Å². The standard InChI is InChI=1S/C26H36N2O2/c1-6-25(30-24-16-19(3)15-20(4)17-24)26(29)27-21(5)22-7-9-23(10-8-22)28-13-11-18(2)12-14-28/h7-10,15-18,21,25H,6,11-14H2,1-5H3,(H,27,29)/t21-,25+/m1/s1. The van der Waals surface area contributed by atoms with Gasteiger partial charge in [-0.2, -0.15) is 0 Å². The highest BCUT2D eigenvalue weighted by Gasteiger charge is 2.21. The monoisotopic (exact) mass is 408 g/mol. The molecule has 0 saturated carbocycles. The van der Waals surface area contributed by atoms with Gasteiger partial charge in [-0.25, -0.2) is 0 Å². The lowest BCUT2D eigenvalue weighted by Crippen LogP contribution is -2.39. The number of anilines is 1. The Balaban J connectivity index is 1.59. The van der Waals surface area contributed by atoms with E-state index in [1.807, 2.05) is 39.8 Å². The van der Waals surface area contributed by atoms with Crippen LogP contribution in [0.3, 0.4) is 0 Å². The molecule has 2 aromatic rings. The van der Waals surface area contributed by atoms with Crippen LogP contribution in [0.1, 0.15) is 62.8 Å². The SMILES string of the molecule is CC[C@H](Oc1cc(C)cc(C)c1)C(=O)N[C@H](C)c1ccc(N2CCC(C)CC2)cc1. The van der Waals surface area contributed by atoms with Crippen molar-refractivity contribution < 1.29 is 9.53 Å². The number of benzene rings is 2. The van der Waals surface area contributed by atoms with Crippen LogP contribution in [0.4, 0.5) is 5.69 Å². The summed E-state index contributed by atoms with van der Waals surface area (Å²) in [5, 5.41) is 3.12. The average molecular weight is 409 g/mol. The van der Waals surface area contributed by atoms with E-state index in [1.165, 1.54) is 18.5 Å². The van der Waals surface area contributed by atoms with Gasteiger partial charge in [0.25, 0.3) is 5.91 Å². The minimum atomic E-state index is -0.497. The number of amides is 1.